The van der Waals surface area contributed by atoms with Crippen LogP contribution in [0.5, 0.6) is 0 Å². The summed E-state index contributed by atoms with van der Waals surface area (Å²) in [4.78, 5) is 24.5. The van der Waals surface area contributed by atoms with E-state index in [0.717, 1.165) is 74.0 Å². The molecule has 8 heteroatoms. The van der Waals surface area contributed by atoms with Crippen molar-refractivity contribution in [2.24, 2.45) is 5.92 Å². The first-order chi connectivity index (χ1) is 14.6. The number of aromatic nitrogens is 1. The Labute approximate surface area is 181 Å². The second kappa shape index (κ2) is 8.14. The van der Waals surface area contributed by atoms with E-state index in [1.165, 1.54) is 0 Å². The number of carbonyl (C=O) groups is 1. The molecular formula is C22H28N6OS. The number of benzene rings is 1. The van der Waals surface area contributed by atoms with E-state index in [2.05, 4.69) is 28.1 Å². The van der Waals surface area contributed by atoms with Gasteiger partial charge < -0.3 is 15.1 Å². The molecule has 5 rings (SSSR count). The summed E-state index contributed by atoms with van der Waals surface area (Å²) in [6, 6.07) is 8.32. The molecule has 0 saturated carbocycles. The molecule has 0 radical (unpaired) electrons. The van der Waals surface area contributed by atoms with Crippen LogP contribution in [0.1, 0.15) is 25.3 Å². The molecule has 1 aromatic carbocycles. The second-order valence-electron chi connectivity index (χ2n) is 8.84. The molecule has 0 aliphatic carbocycles. The van der Waals surface area contributed by atoms with Gasteiger partial charge in [-0.1, -0.05) is 18.3 Å². The number of nitrogens with zero attached hydrogens (tertiary/aromatic N) is 5. The van der Waals surface area contributed by atoms with E-state index in [1.54, 1.807) is 11.3 Å². The van der Waals surface area contributed by atoms with E-state index in [-0.39, 0.29) is 6.04 Å². The Balaban J connectivity index is 1.17. The van der Waals surface area contributed by atoms with Crippen LogP contribution >= 0.6 is 11.3 Å². The maximum absolute atomic E-state index is 12.8. The minimum atomic E-state index is -0.0167. The Kier molecular flexibility index (Phi) is 5.35. The molecule has 3 aliphatic rings. The number of fused-ring (bicyclic) bond motifs is 1. The van der Waals surface area contributed by atoms with Gasteiger partial charge in [-0.3, -0.25) is 9.69 Å². The molecule has 2 aromatic rings. The second-order valence-corrected chi connectivity index (χ2v) is 9.85. The van der Waals surface area contributed by atoms with Crippen LogP contribution in [0.25, 0.3) is 10.2 Å². The van der Waals surface area contributed by atoms with Crippen LogP contribution in [0.4, 0.5) is 5.13 Å². The molecule has 0 spiro atoms. The number of hydrogen-bond donors (Lipinski definition) is 1. The number of rotatable bonds is 3. The fourth-order valence-corrected chi connectivity index (χ4v) is 5.99. The molecule has 3 fully saturated rings. The molecule has 158 valence electrons. The Morgan fingerprint density at radius 1 is 1.27 bits per heavy atom. The van der Waals surface area contributed by atoms with Crippen LogP contribution in [0.15, 0.2) is 18.2 Å². The van der Waals surface area contributed by atoms with Gasteiger partial charge in [0.05, 0.1) is 27.9 Å². The van der Waals surface area contributed by atoms with Gasteiger partial charge in [0.2, 0.25) is 5.91 Å². The maximum Gasteiger partial charge on any atom is 0.239 e. The van der Waals surface area contributed by atoms with Crippen molar-refractivity contribution in [3.05, 3.63) is 23.8 Å². The number of nitrogens with one attached hydrogen (secondary N) is 1. The normalized spacial score (nSPS) is 27.7. The van der Waals surface area contributed by atoms with Crippen molar-refractivity contribution in [1.29, 1.82) is 5.26 Å². The lowest BCUT2D eigenvalue weighted by Gasteiger charge is -2.37. The average Bonchev–Trinajstić information content (AvgIpc) is 3.52. The lowest BCUT2D eigenvalue weighted by Crippen LogP contribution is -2.51. The van der Waals surface area contributed by atoms with Crippen LogP contribution in [-0.4, -0.2) is 78.6 Å². The first-order valence-corrected chi connectivity index (χ1v) is 11.7. The lowest BCUT2D eigenvalue weighted by molar-refractivity contribution is -0.132. The Morgan fingerprint density at radius 3 is 2.83 bits per heavy atom. The topological polar surface area (TPSA) is 75.5 Å². The van der Waals surface area contributed by atoms with E-state index in [0.29, 0.717) is 23.4 Å². The summed E-state index contributed by atoms with van der Waals surface area (Å²) in [5, 5.41) is 13.6. The van der Waals surface area contributed by atoms with E-state index < -0.39 is 0 Å². The van der Waals surface area contributed by atoms with Crippen molar-refractivity contribution >= 4 is 32.6 Å². The zero-order chi connectivity index (χ0) is 20.7. The number of hydrogen-bond acceptors (Lipinski definition) is 7. The minimum Gasteiger partial charge on any atom is -0.345 e. The Hall–Kier alpha value is -2.21. The highest BCUT2D eigenvalue weighted by atomic mass is 32.1. The van der Waals surface area contributed by atoms with Crippen molar-refractivity contribution in [3.63, 3.8) is 0 Å². The number of carbonyl (C=O) groups excluding carboxylic acids is 1. The summed E-state index contributed by atoms with van der Waals surface area (Å²) in [7, 11) is 0. The van der Waals surface area contributed by atoms with Crippen LogP contribution in [-0.2, 0) is 4.79 Å². The molecule has 1 amide bonds. The highest BCUT2D eigenvalue weighted by Gasteiger charge is 2.37. The third kappa shape index (κ3) is 3.78. The highest BCUT2D eigenvalue weighted by Crippen LogP contribution is 2.30. The maximum atomic E-state index is 12.8. The number of likely N-dealkylation sites (tertiary alicyclic amines) is 1. The zero-order valence-electron chi connectivity index (χ0n) is 17.4. The lowest BCUT2D eigenvalue weighted by atomic mass is 10.1. The van der Waals surface area contributed by atoms with Gasteiger partial charge in [-0.2, -0.15) is 5.26 Å². The summed E-state index contributed by atoms with van der Waals surface area (Å²) in [5.41, 5.74) is 1.65. The van der Waals surface area contributed by atoms with E-state index in [1.807, 2.05) is 23.1 Å². The monoisotopic (exact) mass is 424 g/mol. The molecule has 3 atom stereocenters. The van der Waals surface area contributed by atoms with Crippen LogP contribution in [0.3, 0.4) is 0 Å². The standard InChI is InChI=1S/C22H28N6OS/c1-15-4-5-28(14-15)21(29)19-11-17(13-24-19)26-6-8-27(9-7-26)22-25-18-3-2-16(12-23)10-20(18)30-22/h2-3,10,15,17,19,24H,4-9,11,13-14H2,1H3/t15?,17-,19-/m0/s1. The van der Waals surface area contributed by atoms with Gasteiger partial charge in [-0.25, -0.2) is 4.98 Å². The third-order valence-electron chi connectivity index (χ3n) is 6.75. The van der Waals surface area contributed by atoms with Crippen molar-refractivity contribution in [1.82, 2.24) is 20.1 Å². The first kappa shape index (κ1) is 19.7. The molecule has 1 unspecified atom stereocenters. The first-order valence-electron chi connectivity index (χ1n) is 10.9. The smallest absolute Gasteiger partial charge is 0.239 e. The highest BCUT2D eigenvalue weighted by molar-refractivity contribution is 7.22. The summed E-state index contributed by atoms with van der Waals surface area (Å²) >= 11 is 1.67. The Bertz CT molecular complexity index is 976. The number of nitriles is 1. The average molecular weight is 425 g/mol. The fourth-order valence-electron chi connectivity index (χ4n) is 4.93. The minimum absolute atomic E-state index is 0.0167. The number of anilines is 1. The number of piperazine rings is 1. The largest absolute Gasteiger partial charge is 0.345 e. The van der Waals surface area contributed by atoms with Crippen molar-refractivity contribution in [2.45, 2.75) is 31.8 Å². The third-order valence-corrected chi connectivity index (χ3v) is 7.83. The van der Waals surface area contributed by atoms with Gasteiger partial charge in [0.1, 0.15) is 0 Å². The fraction of sp³-hybridized carbons (Fsp3) is 0.591. The molecule has 30 heavy (non-hydrogen) atoms. The van der Waals surface area contributed by atoms with E-state index in [9.17, 15) is 4.79 Å². The summed E-state index contributed by atoms with van der Waals surface area (Å²) < 4.78 is 1.07. The van der Waals surface area contributed by atoms with Gasteiger partial charge in [0.15, 0.2) is 5.13 Å². The molecular weight excluding hydrogens is 396 g/mol. The zero-order valence-corrected chi connectivity index (χ0v) is 18.2. The molecule has 1 aromatic heterocycles. The molecule has 0 bridgehead atoms. The summed E-state index contributed by atoms with van der Waals surface area (Å²) in [5.74, 6) is 0.930. The van der Waals surface area contributed by atoms with Crippen molar-refractivity contribution < 1.29 is 4.79 Å². The predicted octanol–water partition coefficient (Wildman–Crippen LogP) is 1.89. The number of amides is 1. The SMILES string of the molecule is CC1CCN(C(=O)[C@@H]2C[C@H](N3CCN(c4nc5ccc(C#N)cc5s4)CC3)CN2)C1. The summed E-state index contributed by atoms with van der Waals surface area (Å²) in [6.45, 7) is 8.84. The molecule has 3 saturated heterocycles. The van der Waals surface area contributed by atoms with Crippen molar-refractivity contribution in [2.75, 3.05) is 50.7 Å². The van der Waals surface area contributed by atoms with Gasteiger partial charge in [-0.15, -0.1) is 0 Å². The van der Waals surface area contributed by atoms with Gasteiger partial charge in [0.25, 0.3) is 0 Å². The van der Waals surface area contributed by atoms with Gasteiger partial charge >= 0.3 is 0 Å². The number of thiazole rings is 1. The van der Waals surface area contributed by atoms with Crippen LogP contribution in [0, 0.1) is 17.2 Å². The predicted molar refractivity (Wildman–Crippen MR) is 119 cm³/mol. The Morgan fingerprint density at radius 2 is 2.10 bits per heavy atom. The van der Waals surface area contributed by atoms with Gasteiger partial charge in [0, 0.05) is 51.9 Å². The quantitative estimate of drug-likeness (QED) is 0.811. The van der Waals surface area contributed by atoms with Crippen LogP contribution < -0.4 is 10.2 Å². The summed E-state index contributed by atoms with van der Waals surface area (Å²) in [6.07, 6.45) is 2.05. The van der Waals surface area contributed by atoms with E-state index >= 15 is 0 Å². The van der Waals surface area contributed by atoms with Gasteiger partial charge in [-0.05, 0) is 37.0 Å². The van der Waals surface area contributed by atoms with Crippen LogP contribution in [0.2, 0.25) is 0 Å². The molecule has 7 nitrogen and oxygen atoms in total. The van der Waals surface area contributed by atoms with E-state index in [4.69, 9.17) is 10.2 Å². The molecule has 3 aliphatic heterocycles. The molecule has 1 N–H and O–H groups in total. The van der Waals surface area contributed by atoms with Crippen molar-refractivity contribution in [3.8, 4) is 6.07 Å². The molecule has 4 heterocycles.